The van der Waals surface area contributed by atoms with Crippen molar-refractivity contribution in [3.8, 4) is 17.7 Å². The molecule has 0 amide bonds. The van der Waals surface area contributed by atoms with Crippen LogP contribution in [0.5, 0.6) is 11.5 Å². The van der Waals surface area contributed by atoms with E-state index in [0.717, 1.165) is 29.6 Å². The summed E-state index contributed by atoms with van der Waals surface area (Å²) in [5.74, 6) is 2.07. The molecular formula is C23H25N5O2. The first-order chi connectivity index (χ1) is 14.7. The second-order valence-electron chi connectivity index (χ2n) is 7.42. The van der Waals surface area contributed by atoms with Gasteiger partial charge in [0, 0.05) is 43.4 Å². The molecule has 2 aromatic carbocycles. The lowest BCUT2D eigenvalue weighted by molar-refractivity contribution is 0.123. The number of rotatable bonds is 6. The minimum Gasteiger partial charge on any atom is -0.493 e. The third kappa shape index (κ3) is 4.23. The number of nitrogens with one attached hydrogen (secondary N) is 1. The van der Waals surface area contributed by atoms with Crippen molar-refractivity contribution in [1.82, 2.24) is 14.9 Å². The van der Waals surface area contributed by atoms with Crippen LogP contribution in [0.2, 0.25) is 0 Å². The fourth-order valence-corrected chi connectivity index (χ4v) is 3.71. The molecule has 1 fully saturated rings. The molecule has 1 saturated heterocycles. The molecular weight excluding hydrogens is 378 g/mol. The molecule has 0 saturated carbocycles. The van der Waals surface area contributed by atoms with E-state index < -0.39 is 0 Å². The first kappa shape index (κ1) is 19.8. The van der Waals surface area contributed by atoms with Gasteiger partial charge in [0.05, 0.1) is 12.6 Å². The van der Waals surface area contributed by atoms with Crippen LogP contribution in [0.3, 0.4) is 0 Å². The average Bonchev–Trinajstić information content (AvgIpc) is 2.80. The number of ether oxygens (including phenoxy) is 2. The number of anilines is 1. The quantitative estimate of drug-likeness (QED) is 0.619. The Bertz CT molecular complexity index is 1040. The summed E-state index contributed by atoms with van der Waals surface area (Å²) in [6, 6.07) is 14.2. The molecule has 1 aliphatic heterocycles. The molecule has 1 aliphatic rings. The zero-order valence-electron chi connectivity index (χ0n) is 17.2. The molecule has 2 heterocycles. The topological polar surface area (TPSA) is 83.3 Å². The lowest BCUT2D eigenvalue weighted by Gasteiger charge is -2.29. The van der Waals surface area contributed by atoms with Gasteiger partial charge in [-0.25, -0.2) is 9.97 Å². The SMILES string of the molecule is COc1cc2ncnc(N[C@H](C)c3ccccc3)c2cc1OC1CCN(C#N)CC1. The Morgan fingerprint density at radius 1 is 1.13 bits per heavy atom. The van der Waals surface area contributed by atoms with Crippen molar-refractivity contribution in [3.05, 3.63) is 54.4 Å². The summed E-state index contributed by atoms with van der Waals surface area (Å²) < 4.78 is 11.8. The zero-order valence-corrected chi connectivity index (χ0v) is 17.2. The van der Waals surface area contributed by atoms with Crippen LogP contribution in [-0.4, -0.2) is 41.2 Å². The van der Waals surface area contributed by atoms with Crippen molar-refractivity contribution in [2.75, 3.05) is 25.5 Å². The third-order valence-electron chi connectivity index (χ3n) is 5.45. The zero-order chi connectivity index (χ0) is 20.9. The molecule has 7 heteroatoms. The molecule has 30 heavy (non-hydrogen) atoms. The Kier molecular flexibility index (Phi) is 5.84. The maximum Gasteiger partial charge on any atom is 0.179 e. The highest BCUT2D eigenvalue weighted by atomic mass is 16.5. The number of hydrogen-bond donors (Lipinski definition) is 1. The van der Waals surface area contributed by atoms with Gasteiger partial charge in [-0.1, -0.05) is 30.3 Å². The van der Waals surface area contributed by atoms with E-state index in [2.05, 4.69) is 40.5 Å². The van der Waals surface area contributed by atoms with Crippen LogP contribution in [-0.2, 0) is 0 Å². The highest BCUT2D eigenvalue weighted by molar-refractivity contribution is 5.91. The fraction of sp³-hybridized carbons (Fsp3) is 0.348. The van der Waals surface area contributed by atoms with E-state index in [1.807, 2.05) is 30.3 Å². The maximum absolute atomic E-state index is 9.05. The standard InChI is InChI=1S/C23H25N5O2/c1-16(17-6-4-3-5-7-17)27-23-19-12-22(21(29-2)13-20(19)25-15-26-23)30-18-8-10-28(14-24)11-9-18/h3-7,12-13,15-16,18H,8-11H2,1-2H3,(H,25,26,27)/t16-/m1/s1. The van der Waals surface area contributed by atoms with Crippen molar-refractivity contribution in [3.63, 3.8) is 0 Å². The highest BCUT2D eigenvalue weighted by Gasteiger charge is 2.22. The number of nitrogens with zero attached hydrogens (tertiary/aromatic N) is 4. The summed E-state index contributed by atoms with van der Waals surface area (Å²) in [5, 5.41) is 13.4. The monoisotopic (exact) mass is 403 g/mol. The number of nitriles is 1. The summed E-state index contributed by atoms with van der Waals surface area (Å²) in [5.41, 5.74) is 1.97. The van der Waals surface area contributed by atoms with Crippen LogP contribution in [0.4, 0.5) is 5.82 Å². The van der Waals surface area contributed by atoms with E-state index in [9.17, 15) is 0 Å². The molecule has 7 nitrogen and oxygen atoms in total. The molecule has 0 bridgehead atoms. The van der Waals surface area contributed by atoms with Gasteiger partial charge in [-0.15, -0.1) is 0 Å². The van der Waals surface area contributed by atoms with Crippen molar-refractivity contribution in [2.45, 2.75) is 31.9 Å². The largest absolute Gasteiger partial charge is 0.493 e. The van der Waals surface area contributed by atoms with E-state index in [0.29, 0.717) is 24.6 Å². The number of hydrogen-bond acceptors (Lipinski definition) is 7. The van der Waals surface area contributed by atoms with Crippen LogP contribution in [0, 0.1) is 11.5 Å². The first-order valence-corrected chi connectivity index (χ1v) is 10.1. The van der Waals surface area contributed by atoms with Crippen LogP contribution in [0.1, 0.15) is 31.4 Å². The summed E-state index contributed by atoms with van der Waals surface area (Å²) in [4.78, 5) is 10.6. The Morgan fingerprint density at radius 2 is 1.90 bits per heavy atom. The van der Waals surface area contributed by atoms with Crippen LogP contribution < -0.4 is 14.8 Å². The first-order valence-electron chi connectivity index (χ1n) is 10.1. The lowest BCUT2D eigenvalue weighted by Crippen LogP contribution is -2.35. The molecule has 154 valence electrons. The van der Waals surface area contributed by atoms with E-state index in [1.54, 1.807) is 18.3 Å². The summed E-state index contributed by atoms with van der Waals surface area (Å²) >= 11 is 0. The average molecular weight is 403 g/mol. The molecule has 1 atom stereocenters. The second kappa shape index (κ2) is 8.87. The number of piperidine rings is 1. The Morgan fingerprint density at radius 3 is 2.60 bits per heavy atom. The minimum atomic E-state index is 0.0465. The van der Waals surface area contributed by atoms with Crippen LogP contribution in [0.25, 0.3) is 10.9 Å². The smallest absolute Gasteiger partial charge is 0.179 e. The second-order valence-corrected chi connectivity index (χ2v) is 7.42. The molecule has 3 aromatic rings. The number of likely N-dealkylation sites (tertiary alicyclic amines) is 1. The number of benzene rings is 2. The summed E-state index contributed by atoms with van der Waals surface area (Å²) in [7, 11) is 1.63. The van der Waals surface area contributed by atoms with E-state index >= 15 is 0 Å². The molecule has 0 spiro atoms. The number of fused-ring (bicyclic) bond motifs is 1. The fourth-order valence-electron chi connectivity index (χ4n) is 3.71. The summed E-state index contributed by atoms with van der Waals surface area (Å²) in [6.07, 6.45) is 5.41. The van der Waals surface area contributed by atoms with Crippen LogP contribution in [0.15, 0.2) is 48.8 Å². The minimum absolute atomic E-state index is 0.0465. The molecule has 0 unspecified atom stereocenters. The van der Waals surface area contributed by atoms with E-state index in [4.69, 9.17) is 14.7 Å². The van der Waals surface area contributed by atoms with Gasteiger partial charge in [0.2, 0.25) is 0 Å². The number of aromatic nitrogens is 2. The summed E-state index contributed by atoms with van der Waals surface area (Å²) in [6.45, 7) is 3.52. The van der Waals surface area contributed by atoms with Gasteiger partial charge in [0.25, 0.3) is 0 Å². The van der Waals surface area contributed by atoms with Crippen molar-refractivity contribution in [2.24, 2.45) is 0 Å². The Balaban J connectivity index is 1.61. The van der Waals surface area contributed by atoms with Gasteiger partial charge in [-0.3, -0.25) is 0 Å². The van der Waals surface area contributed by atoms with Gasteiger partial charge in [0.15, 0.2) is 17.7 Å². The van der Waals surface area contributed by atoms with Gasteiger partial charge in [-0.05, 0) is 18.6 Å². The molecule has 0 aliphatic carbocycles. The van der Waals surface area contributed by atoms with Crippen molar-refractivity contribution < 1.29 is 9.47 Å². The van der Waals surface area contributed by atoms with Gasteiger partial charge in [0.1, 0.15) is 18.2 Å². The highest BCUT2D eigenvalue weighted by Crippen LogP contribution is 2.36. The normalized spacial score (nSPS) is 15.4. The predicted molar refractivity (Wildman–Crippen MR) is 115 cm³/mol. The van der Waals surface area contributed by atoms with Gasteiger partial charge >= 0.3 is 0 Å². The Labute approximate surface area is 176 Å². The van der Waals surface area contributed by atoms with E-state index in [1.165, 1.54) is 5.56 Å². The molecule has 0 radical (unpaired) electrons. The Hall–Kier alpha value is -3.53. The maximum atomic E-state index is 9.05. The molecule has 4 rings (SSSR count). The predicted octanol–water partition coefficient (Wildman–Crippen LogP) is 4.14. The van der Waals surface area contributed by atoms with Crippen molar-refractivity contribution >= 4 is 16.7 Å². The number of methoxy groups -OCH3 is 1. The van der Waals surface area contributed by atoms with E-state index in [-0.39, 0.29) is 12.1 Å². The molecule has 1 N–H and O–H groups in total. The lowest BCUT2D eigenvalue weighted by atomic mass is 10.1. The third-order valence-corrected chi connectivity index (χ3v) is 5.45. The van der Waals surface area contributed by atoms with Crippen molar-refractivity contribution in [1.29, 1.82) is 5.26 Å². The van der Waals surface area contributed by atoms with Gasteiger partial charge in [-0.2, -0.15) is 5.26 Å². The molecule has 1 aromatic heterocycles. The van der Waals surface area contributed by atoms with Crippen LogP contribution >= 0.6 is 0 Å². The van der Waals surface area contributed by atoms with Gasteiger partial charge < -0.3 is 19.7 Å².